The van der Waals surface area contributed by atoms with Crippen LogP contribution in [0, 0.1) is 0 Å². The summed E-state index contributed by atoms with van der Waals surface area (Å²) < 4.78 is 5.36. The summed E-state index contributed by atoms with van der Waals surface area (Å²) in [4.78, 5) is 11.5. The Labute approximate surface area is 225 Å². The molecule has 11 N–H and O–H groups in total. The van der Waals surface area contributed by atoms with Gasteiger partial charge < -0.3 is 56.0 Å². The third-order valence-electron chi connectivity index (χ3n) is 6.43. The van der Waals surface area contributed by atoms with E-state index in [1.807, 2.05) is 0 Å². The van der Waals surface area contributed by atoms with E-state index in [2.05, 4.69) is 10.6 Å². The zero-order valence-electron chi connectivity index (χ0n) is 20.1. The summed E-state index contributed by atoms with van der Waals surface area (Å²) in [6.45, 7) is 0. The molecule has 1 aliphatic heterocycles. The van der Waals surface area contributed by atoms with E-state index < -0.39 is 70.0 Å². The molecule has 0 bridgehead atoms. The smallest absolute Gasteiger partial charge is 0.343 e. The van der Waals surface area contributed by atoms with Crippen molar-refractivity contribution in [1.82, 2.24) is 5.32 Å². The molecule has 3 aromatic rings. The number of aromatic hydroxyl groups is 4. The van der Waals surface area contributed by atoms with Gasteiger partial charge in [0.2, 0.25) is 5.75 Å². The molecular weight excluding hydrogens is 540 g/mol. The maximum absolute atomic E-state index is 11.5. The Morgan fingerprint density at radius 1 is 1.03 bits per heavy atom. The maximum Gasteiger partial charge on any atom is 0.343 e. The molecule has 0 saturated carbocycles. The number of carboxylic acid groups (broad SMARTS) is 1. The van der Waals surface area contributed by atoms with Gasteiger partial charge in [-0.05, 0) is 35.4 Å². The molecule has 0 aromatic heterocycles. The number of hydrogen-bond donors (Lipinski definition) is 11. The number of hydrogen-bond acceptors (Lipinski definition) is 12. The molecule has 4 rings (SSSR count). The summed E-state index contributed by atoms with van der Waals surface area (Å²) in [6, 6.07) is 11.4. The summed E-state index contributed by atoms with van der Waals surface area (Å²) in [7, 11) is 1.30. The van der Waals surface area contributed by atoms with Gasteiger partial charge in [-0.2, -0.15) is 0 Å². The van der Waals surface area contributed by atoms with Gasteiger partial charge in [-0.3, -0.25) is 5.32 Å². The largest absolute Gasteiger partial charge is 0.506 e. The van der Waals surface area contributed by atoms with Gasteiger partial charge in [-0.15, -0.1) is 0 Å². The van der Waals surface area contributed by atoms with Gasteiger partial charge in [-0.1, -0.05) is 35.9 Å². The molecule has 1 saturated heterocycles. The van der Waals surface area contributed by atoms with Crippen molar-refractivity contribution in [3.63, 3.8) is 0 Å². The Bertz CT molecular complexity index is 1440. The molecule has 1 fully saturated rings. The number of aliphatic hydroxyl groups is 4. The van der Waals surface area contributed by atoms with Crippen LogP contribution in [0.25, 0.3) is 11.1 Å². The molecule has 39 heavy (non-hydrogen) atoms. The first-order valence-electron chi connectivity index (χ1n) is 11.2. The molecule has 3 atom stereocenters. The van der Waals surface area contributed by atoms with E-state index in [9.17, 15) is 50.8 Å². The summed E-state index contributed by atoms with van der Waals surface area (Å²) >= 11 is 6.01. The molecule has 13 nitrogen and oxygen atoms in total. The van der Waals surface area contributed by atoms with E-state index in [1.165, 1.54) is 31.4 Å². The lowest BCUT2D eigenvalue weighted by Crippen LogP contribution is -2.83. The summed E-state index contributed by atoms with van der Waals surface area (Å²) in [5.41, 5.74) is -5.91. The van der Waals surface area contributed by atoms with Gasteiger partial charge in [-0.25, -0.2) is 4.79 Å². The first-order valence-corrected chi connectivity index (χ1v) is 11.6. The topological polar surface area (TPSA) is 232 Å². The number of ether oxygens (including phenoxy) is 1. The Hall–Kier alpha value is -3.82. The van der Waals surface area contributed by atoms with Crippen molar-refractivity contribution >= 4 is 23.3 Å². The number of aromatic carboxylic acids is 1. The lowest BCUT2D eigenvalue weighted by Gasteiger charge is -2.57. The minimum atomic E-state index is -3.13. The van der Waals surface area contributed by atoms with Crippen LogP contribution >= 0.6 is 11.6 Å². The Morgan fingerprint density at radius 3 is 2.26 bits per heavy atom. The molecular formula is C25H25ClN2O11. The van der Waals surface area contributed by atoms with Crippen molar-refractivity contribution in [2.45, 2.75) is 29.9 Å². The molecule has 0 radical (unpaired) electrons. The number of rotatable bonds is 8. The van der Waals surface area contributed by atoms with Crippen molar-refractivity contribution in [3.8, 4) is 34.1 Å². The molecule has 3 unspecified atom stereocenters. The second kappa shape index (κ2) is 9.73. The van der Waals surface area contributed by atoms with Crippen molar-refractivity contribution in [2.75, 3.05) is 12.4 Å². The van der Waals surface area contributed by atoms with Gasteiger partial charge in [0.1, 0.15) is 17.4 Å². The second-order valence-electron chi connectivity index (χ2n) is 9.08. The predicted molar refractivity (Wildman–Crippen MR) is 135 cm³/mol. The van der Waals surface area contributed by atoms with Crippen LogP contribution in [-0.4, -0.2) is 76.4 Å². The maximum atomic E-state index is 11.5. The molecule has 0 spiro atoms. The van der Waals surface area contributed by atoms with Crippen LogP contribution in [0.3, 0.4) is 0 Å². The molecule has 0 amide bonds. The summed E-state index contributed by atoms with van der Waals surface area (Å²) in [5.74, 6) is -9.48. The van der Waals surface area contributed by atoms with Crippen molar-refractivity contribution in [1.29, 1.82) is 0 Å². The van der Waals surface area contributed by atoms with E-state index in [1.54, 1.807) is 18.2 Å². The Morgan fingerprint density at radius 2 is 1.67 bits per heavy atom. The molecule has 208 valence electrons. The third kappa shape index (κ3) is 4.77. The highest BCUT2D eigenvalue weighted by Gasteiger charge is 2.66. The number of phenolic OH excluding ortho intramolecular Hbond substituents is 2. The van der Waals surface area contributed by atoms with Gasteiger partial charge in [0.25, 0.3) is 5.91 Å². The van der Waals surface area contributed by atoms with Crippen molar-refractivity contribution < 1.29 is 55.5 Å². The monoisotopic (exact) mass is 564 g/mol. The standard InChI is InChI=1S/C25H25ClN2O11/c1-39-21(12-5-2-6-13(26)8-12)23(35)10-24(36,28-23)25(37,38)27-14-7-3-4-11(9-14)15-17(29)16(22(33)34)19(31)20(32)18(15)30/h2-9,21,27-32,35-38H,10H2,1H3,(H,33,34). The van der Waals surface area contributed by atoms with Gasteiger partial charge in [0.15, 0.2) is 22.9 Å². The highest BCUT2D eigenvalue weighted by atomic mass is 35.5. The molecule has 14 heteroatoms. The number of carbonyl (C=O) groups is 1. The average Bonchev–Trinajstić information content (AvgIpc) is 2.82. The average molecular weight is 565 g/mol. The number of phenols is 4. The first-order chi connectivity index (χ1) is 18.1. The highest BCUT2D eigenvalue weighted by molar-refractivity contribution is 6.30. The SMILES string of the molecule is COC(c1cccc(Cl)c1)C1(O)CC(O)(C(O)(O)Nc2cccc(-c3c(O)c(O)c(O)c(C(=O)O)c3O)c2)N1. The molecule has 3 aromatic carbocycles. The van der Waals surface area contributed by atoms with Crippen LogP contribution in [0.2, 0.25) is 5.02 Å². The Kier molecular flexibility index (Phi) is 7.04. The number of benzene rings is 3. The Balaban J connectivity index is 1.61. The third-order valence-corrected chi connectivity index (χ3v) is 6.66. The quantitative estimate of drug-likeness (QED) is 0.105. The van der Waals surface area contributed by atoms with E-state index in [4.69, 9.17) is 16.3 Å². The first kappa shape index (κ1) is 28.2. The number of carboxylic acids is 1. The lowest BCUT2D eigenvalue weighted by molar-refractivity contribution is -0.361. The fourth-order valence-corrected chi connectivity index (χ4v) is 4.81. The van der Waals surface area contributed by atoms with Crippen LogP contribution < -0.4 is 10.6 Å². The molecule has 0 aliphatic carbocycles. The second-order valence-corrected chi connectivity index (χ2v) is 9.52. The summed E-state index contributed by atoms with van der Waals surface area (Å²) in [5, 5.41) is 98.1. The van der Waals surface area contributed by atoms with Crippen molar-refractivity contribution in [2.24, 2.45) is 0 Å². The normalized spacial score (nSPS) is 21.7. The van der Waals surface area contributed by atoms with Gasteiger partial charge >= 0.3 is 5.97 Å². The van der Waals surface area contributed by atoms with Gasteiger partial charge in [0.05, 0.1) is 5.56 Å². The van der Waals surface area contributed by atoms with E-state index in [-0.39, 0.29) is 11.3 Å². The lowest BCUT2D eigenvalue weighted by atomic mass is 9.80. The summed E-state index contributed by atoms with van der Waals surface area (Å²) in [6.07, 6.45) is -1.70. The predicted octanol–water partition coefficient (Wildman–Crippen LogP) is 1.34. The highest BCUT2D eigenvalue weighted by Crippen LogP contribution is 2.51. The number of anilines is 1. The van der Waals surface area contributed by atoms with E-state index in [0.29, 0.717) is 10.6 Å². The number of methoxy groups -OCH3 is 1. The zero-order valence-corrected chi connectivity index (χ0v) is 20.9. The fourth-order valence-electron chi connectivity index (χ4n) is 4.61. The van der Waals surface area contributed by atoms with Crippen LogP contribution in [0.15, 0.2) is 48.5 Å². The fraction of sp³-hybridized carbons (Fsp3) is 0.240. The van der Waals surface area contributed by atoms with Crippen LogP contribution in [0.1, 0.15) is 28.4 Å². The molecule has 1 heterocycles. The minimum Gasteiger partial charge on any atom is -0.506 e. The van der Waals surface area contributed by atoms with Crippen LogP contribution in [0.4, 0.5) is 5.69 Å². The van der Waals surface area contributed by atoms with E-state index >= 15 is 0 Å². The van der Waals surface area contributed by atoms with Crippen LogP contribution in [-0.2, 0) is 4.74 Å². The van der Waals surface area contributed by atoms with Crippen LogP contribution in [0.5, 0.6) is 23.0 Å². The molecule has 1 aliphatic rings. The zero-order chi connectivity index (χ0) is 28.9. The van der Waals surface area contributed by atoms with Gasteiger partial charge in [0, 0.05) is 24.2 Å². The number of nitrogens with one attached hydrogen (secondary N) is 2. The number of halogens is 1. The van der Waals surface area contributed by atoms with E-state index in [0.717, 1.165) is 6.07 Å². The van der Waals surface area contributed by atoms with Crippen molar-refractivity contribution in [3.05, 3.63) is 64.7 Å². The minimum absolute atomic E-state index is 0.117.